The van der Waals surface area contributed by atoms with Gasteiger partial charge in [-0.05, 0) is 35.4 Å². The zero-order chi connectivity index (χ0) is 24.5. The minimum atomic E-state index is -0.349. The standard InChI is InChI=1S/C25H19N7O2S2/c1-34-25(33)17-4-2-3-16(9-17)12-35-23-20-22(28-13-29-23)32(14-30-20)11-15-5-6-19-18(10-15)31-21-24(36-19)27-8-7-26-21/h2-10,13-14H,11-12H2,1H3,(H,26,31). The second kappa shape index (κ2) is 9.59. The fourth-order valence-corrected chi connectivity index (χ4v) is 5.68. The van der Waals surface area contributed by atoms with Crippen LogP contribution in [-0.2, 0) is 17.0 Å². The van der Waals surface area contributed by atoms with Crippen LogP contribution < -0.4 is 5.32 Å². The number of nitrogens with one attached hydrogen (secondary N) is 1. The van der Waals surface area contributed by atoms with Crippen LogP contribution in [0.2, 0.25) is 0 Å². The molecule has 0 atom stereocenters. The molecule has 1 aliphatic rings. The molecule has 1 aliphatic heterocycles. The molecule has 0 fully saturated rings. The number of nitrogens with zero attached hydrogens (tertiary/aromatic N) is 6. The molecule has 0 radical (unpaired) electrons. The Kier molecular flexibility index (Phi) is 5.99. The Bertz CT molecular complexity index is 1600. The van der Waals surface area contributed by atoms with Crippen LogP contribution in [0.1, 0.15) is 21.5 Å². The number of thioether (sulfide) groups is 1. The van der Waals surface area contributed by atoms with Crippen molar-refractivity contribution < 1.29 is 9.53 Å². The number of aromatic nitrogens is 6. The minimum Gasteiger partial charge on any atom is -0.465 e. The van der Waals surface area contributed by atoms with Gasteiger partial charge >= 0.3 is 5.97 Å². The van der Waals surface area contributed by atoms with Gasteiger partial charge in [-0.25, -0.2) is 29.7 Å². The number of ether oxygens (including phenoxy) is 1. The molecule has 0 saturated heterocycles. The number of benzene rings is 2. The maximum atomic E-state index is 11.8. The molecule has 0 aliphatic carbocycles. The highest BCUT2D eigenvalue weighted by Gasteiger charge is 2.18. The monoisotopic (exact) mass is 513 g/mol. The summed E-state index contributed by atoms with van der Waals surface area (Å²) in [4.78, 5) is 35.3. The van der Waals surface area contributed by atoms with E-state index in [1.54, 1.807) is 54.6 Å². The van der Waals surface area contributed by atoms with Crippen LogP contribution in [0.3, 0.4) is 0 Å². The van der Waals surface area contributed by atoms with E-state index in [4.69, 9.17) is 4.74 Å². The third kappa shape index (κ3) is 4.38. The Hall–Kier alpha value is -3.96. The summed E-state index contributed by atoms with van der Waals surface area (Å²) >= 11 is 3.16. The molecule has 3 aromatic heterocycles. The molecule has 36 heavy (non-hydrogen) atoms. The number of anilines is 2. The SMILES string of the molecule is COC(=O)c1cccc(CSc2ncnc3c2ncn3Cc2ccc3c(c2)Nc2nccnc2S3)c1. The molecule has 6 rings (SSSR count). The molecule has 1 N–H and O–H groups in total. The molecule has 2 aromatic carbocycles. The molecule has 0 saturated carbocycles. The molecule has 4 heterocycles. The average Bonchev–Trinajstić information content (AvgIpc) is 3.33. The lowest BCUT2D eigenvalue weighted by Crippen LogP contribution is -2.05. The highest BCUT2D eigenvalue weighted by Crippen LogP contribution is 2.42. The first-order valence-electron chi connectivity index (χ1n) is 11.0. The van der Waals surface area contributed by atoms with Crippen LogP contribution in [0.15, 0.2) is 82.5 Å². The van der Waals surface area contributed by atoms with Gasteiger partial charge in [-0.2, -0.15) is 0 Å². The molecular formula is C25H19N7O2S2. The fraction of sp³-hybridized carbons (Fsp3) is 0.120. The number of carbonyl (C=O) groups excluding carboxylic acids is 1. The van der Waals surface area contributed by atoms with E-state index in [1.165, 1.54) is 7.11 Å². The number of hydrogen-bond acceptors (Lipinski definition) is 10. The molecule has 0 bridgehead atoms. The third-order valence-corrected chi connectivity index (χ3v) is 7.73. The first-order chi connectivity index (χ1) is 17.7. The Morgan fingerprint density at radius 1 is 1.06 bits per heavy atom. The van der Waals surface area contributed by atoms with Gasteiger partial charge in [0.2, 0.25) is 0 Å². The number of fused-ring (bicyclic) bond motifs is 3. The fourth-order valence-electron chi connectivity index (χ4n) is 3.91. The highest BCUT2D eigenvalue weighted by atomic mass is 32.2. The summed E-state index contributed by atoms with van der Waals surface area (Å²) < 4.78 is 6.84. The number of hydrogen-bond donors (Lipinski definition) is 1. The van der Waals surface area contributed by atoms with Crippen molar-refractivity contribution in [3.05, 3.63) is 84.2 Å². The lowest BCUT2D eigenvalue weighted by Gasteiger charge is -2.19. The van der Waals surface area contributed by atoms with Gasteiger partial charge in [-0.3, -0.25) is 0 Å². The smallest absolute Gasteiger partial charge is 0.337 e. The van der Waals surface area contributed by atoms with Crippen LogP contribution in [0.4, 0.5) is 11.5 Å². The second-order valence-corrected chi connectivity index (χ2v) is 9.97. The van der Waals surface area contributed by atoms with E-state index >= 15 is 0 Å². The van der Waals surface area contributed by atoms with Crippen molar-refractivity contribution in [3.8, 4) is 0 Å². The molecule has 0 unspecified atom stereocenters. The van der Waals surface area contributed by atoms with Crippen molar-refractivity contribution in [2.45, 2.75) is 27.2 Å². The third-order valence-electron chi connectivity index (χ3n) is 5.61. The average molecular weight is 514 g/mol. The number of rotatable bonds is 6. The Labute approximate surface area is 214 Å². The van der Waals surface area contributed by atoms with Crippen LogP contribution in [0.5, 0.6) is 0 Å². The second-order valence-electron chi connectivity index (χ2n) is 7.97. The van der Waals surface area contributed by atoms with Gasteiger partial charge in [0.05, 0.1) is 31.2 Å². The number of esters is 1. The van der Waals surface area contributed by atoms with Crippen molar-refractivity contribution in [3.63, 3.8) is 0 Å². The van der Waals surface area contributed by atoms with Gasteiger partial charge in [0.15, 0.2) is 11.5 Å². The molecule has 5 aromatic rings. The van der Waals surface area contributed by atoms with Crippen molar-refractivity contribution in [1.29, 1.82) is 0 Å². The van der Waals surface area contributed by atoms with E-state index in [0.717, 1.165) is 48.7 Å². The van der Waals surface area contributed by atoms with Crippen molar-refractivity contribution >= 4 is 52.2 Å². The lowest BCUT2D eigenvalue weighted by molar-refractivity contribution is 0.0600. The Morgan fingerprint density at radius 2 is 1.97 bits per heavy atom. The van der Waals surface area contributed by atoms with Crippen LogP contribution in [0.25, 0.3) is 11.2 Å². The van der Waals surface area contributed by atoms with Gasteiger partial charge in [-0.1, -0.05) is 41.7 Å². The molecule has 0 spiro atoms. The van der Waals surface area contributed by atoms with E-state index < -0.39 is 0 Å². The van der Waals surface area contributed by atoms with E-state index in [-0.39, 0.29) is 5.97 Å². The zero-order valence-corrected chi connectivity index (χ0v) is 20.7. The topological polar surface area (TPSA) is 108 Å². The molecule has 178 valence electrons. The Morgan fingerprint density at radius 3 is 2.89 bits per heavy atom. The van der Waals surface area contributed by atoms with Gasteiger partial charge in [0.1, 0.15) is 21.9 Å². The number of methoxy groups -OCH3 is 1. The minimum absolute atomic E-state index is 0.349. The van der Waals surface area contributed by atoms with Gasteiger partial charge in [0.25, 0.3) is 0 Å². The Balaban J connectivity index is 1.21. The molecule has 9 nitrogen and oxygen atoms in total. The summed E-state index contributed by atoms with van der Waals surface area (Å²) in [5.41, 5.74) is 5.17. The number of imidazole rings is 1. The van der Waals surface area contributed by atoms with E-state index in [9.17, 15) is 4.79 Å². The van der Waals surface area contributed by atoms with Crippen LogP contribution in [-0.4, -0.2) is 42.6 Å². The van der Waals surface area contributed by atoms with Crippen molar-refractivity contribution in [1.82, 2.24) is 29.5 Å². The first-order valence-corrected chi connectivity index (χ1v) is 12.8. The summed E-state index contributed by atoms with van der Waals surface area (Å²) in [6.07, 6.45) is 6.74. The molecule has 11 heteroatoms. The highest BCUT2D eigenvalue weighted by molar-refractivity contribution is 7.99. The van der Waals surface area contributed by atoms with Gasteiger partial charge in [-0.15, -0.1) is 0 Å². The quantitative estimate of drug-likeness (QED) is 0.187. The van der Waals surface area contributed by atoms with Crippen molar-refractivity contribution in [2.75, 3.05) is 12.4 Å². The maximum Gasteiger partial charge on any atom is 0.337 e. The van der Waals surface area contributed by atoms with Crippen LogP contribution >= 0.6 is 23.5 Å². The van der Waals surface area contributed by atoms with Gasteiger partial charge < -0.3 is 14.6 Å². The van der Waals surface area contributed by atoms with E-state index in [0.29, 0.717) is 17.9 Å². The summed E-state index contributed by atoms with van der Waals surface area (Å²) in [7, 11) is 1.38. The summed E-state index contributed by atoms with van der Waals surface area (Å²) in [5, 5.41) is 5.04. The molecule has 0 amide bonds. The van der Waals surface area contributed by atoms with Crippen LogP contribution in [0, 0.1) is 0 Å². The van der Waals surface area contributed by atoms with Crippen molar-refractivity contribution in [2.24, 2.45) is 0 Å². The largest absolute Gasteiger partial charge is 0.465 e. The summed E-state index contributed by atoms with van der Waals surface area (Å²) in [6, 6.07) is 13.7. The predicted molar refractivity (Wildman–Crippen MR) is 138 cm³/mol. The first kappa shape index (κ1) is 22.5. The van der Waals surface area contributed by atoms with E-state index in [2.05, 4.69) is 48.4 Å². The maximum absolute atomic E-state index is 11.8. The summed E-state index contributed by atoms with van der Waals surface area (Å²) in [5.74, 6) is 1.06. The van der Waals surface area contributed by atoms with Gasteiger partial charge in [0, 0.05) is 23.0 Å². The lowest BCUT2D eigenvalue weighted by atomic mass is 10.1. The number of carbonyl (C=O) groups is 1. The zero-order valence-electron chi connectivity index (χ0n) is 19.1. The molecular weight excluding hydrogens is 494 g/mol. The predicted octanol–water partition coefficient (Wildman–Crippen LogP) is 4.95. The normalized spacial score (nSPS) is 12.0. The van der Waals surface area contributed by atoms with E-state index in [1.807, 2.05) is 22.8 Å². The summed E-state index contributed by atoms with van der Waals surface area (Å²) in [6.45, 7) is 0.617.